The Labute approximate surface area is 136 Å². The molecule has 4 nitrogen and oxygen atoms in total. The van der Waals surface area contributed by atoms with Gasteiger partial charge in [-0.25, -0.2) is 4.98 Å². The minimum Gasteiger partial charge on any atom is -0.339 e. The first-order valence-electron chi connectivity index (χ1n) is 8.61. The highest BCUT2D eigenvalue weighted by atomic mass is 32.1. The average molecular weight is 319 g/mol. The summed E-state index contributed by atoms with van der Waals surface area (Å²) < 4.78 is 0. The van der Waals surface area contributed by atoms with Crippen molar-refractivity contribution in [3.05, 3.63) is 15.6 Å². The van der Waals surface area contributed by atoms with Crippen molar-refractivity contribution >= 4 is 17.2 Å². The molecule has 4 rings (SSSR count). The molecule has 3 aliphatic carbocycles. The zero-order valence-electron chi connectivity index (χ0n) is 13.3. The van der Waals surface area contributed by atoms with Crippen LogP contribution < -0.4 is 5.73 Å². The Bertz CT molecular complexity index is 559. The van der Waals surface area contributed by atoms with Crippen LogP contribution >= 0.6 is 11.3 Å². The predicted octanol–water partition coefficient (Wildman–Crippen LogP) is 2.35. The largest absolute Gasteiger partial charge is 0.339 e. The van der Waals surface area contributed by atoms with Crippen molar-refractivity contribution in [3.8, 4) is 0 Å². The van der Waals surface area contributed by atoms with Gasteiger partial charge in [0.2, 0.25) is 5.91 Å². The number of nitrogens with two attached hydrogens (primary N) is 1. The van der Waals surface area contributed by atoms with E-state index in [0.29, 0.717) is 18.4 Å². The van der Waals surface area contributed by atoms with Gasteiger partial charge in [0.05, 0.1) is 18.2 Å². The van der Waals surface area contributed by atoms with Crippen molar-refractivity contribution in [3.63, 3.8) is 0 Å². The second-order valence-electron chi connectivity index (χ2n) is 7.32. The Morgan fingerprint density at radius 3 is 2.82 bits per heavy atom. The lowest BCUT2D eigenvalue weighted by Gasteiger charge is -2.30. The van der Waals surface area contributed by atoms with Crippen molar-refractivity contribution in [2.45, 2.75) is 57.5 Å². The van der Waals surface area contributed by atoms with E-state index in [1.807, 2.05) is 11.9 Å². The smallest absolute Gasteiger partial charge is 0.227 e. The molecule has 5 heteroatoms. The summed E-state index contributed by atoms with van der Waals surface area (Å²) in [4.78, 5) is 20.9. The molecule has 1 heterocycles. The topological polar surface area (TPSA) is 59.2 Å². The second kappa shape index (κ2) is 5.60. The summed E-state index contributed by atoms with van der Waals surface area (Å²) >= 11 is 1.80. The van der Waals surface area contributed by atoms with Crippen LogP contribution in [0.5, 0.6) is 0 Å². The highest BCUT2D eigenvalue weighted by Crippen LogP contribution is 2.48. The molecule has 0 saturated heterocycles. The molecule has 3 aliphatic rings. The van der Waals surface area contributed by atoms with Gasteiger partial charge in [0.1, 0.15) is 5.01 Å². The Kier molecular flexibility index (Phi) is 3.73. The summed E-state index contributed by atoms with van der Waals surface area (Å²) in [5, 5.41) is 1.10. The Balaban J connectivity index is 1.44. The SMILES string of the molecule is CN(Cc1nc2c(s1)CCCC2)C(=O)C1C2CCC(C2)C1N. The van der Waals surface area contributed by atoms with Gasteiger partial charge in [-0.3, -0.25) is 4.79 Å². The molecule has 0 radical (unpaired) electrons. The monoisotopic (exact) mass is 319 g/mol. The van der Waals surface area contributed by atoms with Gasteiger partial charge in [-0.15, -0.1) is 11.3 Å². The molecule has 1 amide bonds. The summed E-state index contributed by atoms with van der Waals surface area (Å²) in [5.41, 5.74) is 7.60. The third-order valence-corrected chi connectivity index (χ3v) is 7.05. The standard InChI is InChI=1S/C17H25N3OS/c1-20(9-14-19-12-4-2-3-5-13(12)22-14)17(21)15-10-6-7-11(8-10)16(15)18/h10-11,15-16H,2-9,18H2,1H3. The fraction of sp³-hybridized carbons (Fsp3) is 0.765. The Morgan fingerprint density at radius 2 is 2.09 bits per heavy atom. The number of aromatic nitrogens is 1. The summed E-state index contributed by atoms with van der Waals surface area (Å²) in [6.07, 6.45) is 8.39. The van der Waals surface area contributed by atoms with Crippen LogP contribution in [0.1, 0.15) is 47.7 Å². The number of nitrogens with zero attached hydrogens (tertiary/aromatic N) is 2. The van der Waals surface area contributed by atoms with Crippen LogP contribution in [0.2, 0.25) is 0 Å². The highest BCUT2D eigenvalue weighted by Gasteiger charge is 2.49. The summed E-state index contributed by atoms with van der Waals surface area (Å²) in [6, 6.07) is 0.0817. The molecule has 2 fully saturated rings. The van der Waals surface area contributed by atoms with Crippen LogP contribution in [0, 0.1) is 17.8 Å². The number of fused-ring (bicyclic) bond motifs is 3. The van der Waals surface area contributed by atoms with Crippen molar-refractivity contribution < 1.29 is 4.79 Å². The molecule has 1 aromatic heterocycles. The summed E-state index contributed by atoms with van der Waals surface area (Å²) in [6.45, 7) is 0.650. The second-order valence-corrected chi connectivity index (χ2v) is 8.48. The van der Waals surface area contributed by atoms with E-state index in [1.165, 1.54) is 42.7 Å². The number of hydrogen-bond donors (Lipinski definition) is 1. The Hall–Kier alpha value is -0.940. The summed E-state index contributed by atoms with van der Waals surface area (Å²) in [5.74, 6) is 1.41. The zero-order valence-corrected chi connectivity index (χ0v) is 14.1. The van der Waals surface area contributed by atoms with Crippen LogP contribution in [0.3, 0.4) is 0 Å². The van der Waals surface area contributed by atoms with E-state index in [0.717, 1.165) is 17.8 Å². The molecule has 4 atom stereocenters. The quantitative estimate of drug-likeness (QED) is 0.930. The number of aryl methyl sites for hydroxylation is 2. The minimum absolute atomic E-state index is 0.0540. The van der Waals surface area contributed by atoms with Gasteiger partial charge in [0, 0.05) is 18.0 Å². The van der Waals surface area contributed by atoms with Gasteiger partial charge in [-0.05, 0) is 56.8 Å². The first-order valence-corrected chi connectivity index (χ1v) is 9.43. The van der Waals surface area contributed by atoms with Crippen LogP contribution in [-0.2, 0) is 24.2 Å². The van der Waals surface area contributed by atoms with E-state index in [-0.39, 0.29) is 17.9 Å². The van der Waals surface area contributed by atoms with E-state index >= 15 is 0 Å². The van der Waals surface area contributed by atoms with Gasteiger partial charge in [0.25, 0.3) is 0 Å². The lowest BCUT2D eigenvalue weighted by Crippen LogP contribution is -2.45. The first-order chi connectivity index (χ1) is 10.6. The van der Waals surface area contributed by atoms with Gasteiger partial charge < -0.3 is 10.6 Å². The maximum absolute atomic E-state index is 12.8. The number of amides is 1. The molecular weight excluding hydrogens is 294 g/mol. The number of hydrogen-bond acceptors (Lipinski definition) is 4. The normalized spacial score (nSPS) is 33.0. The van der Waals surface area contributed by atoms with E-state index in [4.69, 9.17) is 10.7 Å². The third-order valence-electron chi connectivity index (χ3n) is 5.90. The van der Waals surface area contributed by atoms with Gasteiger partial charge >= 0.3 is 0 Å². The van der Waals surface area contributed by atoms with E-state index in [2.05, 4.69) is 0 Å². The maximum Gasteiger partial charge on any atom is 0.227 e. The van der Waals surface area contributed by atoms with Crippen molar-refractivity contribution in [2.75, 3.05) is 7.05 Å². The molecule has 0 aliphatic heterocycles. The van der Waals surface area contributed by atoms with Gasteiger partial charge in [0.15, 0.2) is 0 Å². The maximum atomic E-state index is 12.8. The molecule has 2 bridgehead atoms. The number of thiazole rings is 1. The molecule has 0 aromatic carbocycles. The highest BCUT2D eigenvalue weighted by molar-refractivity contribution is 7.11. The van der Waals surface area contributed by atoms with Crippen LogP contribution in [0.25, 0.3) is 0 Å². The fourth-order valence-electron chi connectivity index (χ4n) is 4.71. The zero-order chi connectivity index (χ0) is 15.3. The van der Waals surface area contributed by atoms with Crippen molar-refractivity contribution in [1.82, 2.24) is 9.88 Å². The molecular formula is C17H25N3OS. The Morgan fingerprint density at radius 1 is 1.32 bits per heavy atom. The minimum atomic E-state index is 0.0540. The van der Waals surface area contributed by atoms with E-state index < -0.39 is 0 Å². The van der Waals surface area contributed by atoms with Gasteiger partial charge in [-0.2, -0.15) is 0 Å². The van der Waals surface area contributed by atoms with Crippen molar-refractivity contribution in [1.29, 1.82) is 0 Å². The molecule has 120 valence electrons. The lowest BCUT2D eigenvalue weighted by molar-refractivity contribution is -0.137. The molecule has 1 aromatic rings. The number of rotatable bonds is 3. The molecule has 22 heavy (non-hydrogen) atoms. The molecule has 0 spiro atoms. The predicted molar refractivity (Wildman–Crippen MR) is 87.5 cm³/mol. The van der Waals surface area contributed by atoms with E-state index in [9.17, 15) is 4.79 Å². The molecule has 2 N–H and O–H groups in total. The van der Waals surface area contributed by atoms with Crippen LogP contribution in [0.4, 0.5) is 0 Å². The van der Waals surface area contributed by atoms with Crippen molar-refractivity contribution in [2.24, 2.45) is 23.5 Å². The lowest BCUT2D eigenvalue weighted by atomic mass is 9.84. The van der Waals surface area contributed by atoms with Gasteiger partial charge in [-0.1, -0.05) is 0 Å². The molecule has 4 unspecified atom stereocenters. The number of carbonyl (C=O) groups is 1. The van der Waals surface area contributed by atoms with Crippen LogP contribution in [0.15, 0.2) is 0 Å². The third kappa shape index (κ3) is 2.38. The van der Waals surface area contributed by atoms with Crippen LogP contribution in [-0.4, -0.2) is 28.9 Å². The summed E-state index contributed by atoms with van der Waals surface area (Å²) in [7, 11) is 1.92. The first kappa shape index (κ1) is 14.6. The average Bonchev–Trinajstić information content (AvgIpc) is 3.19. The fourth-order valence-corrected chi connectivity index (χ4v) is 5.92. The molecule has 2 saturated carbocycles. The van der Waals surface area contributed by atoms with E-state index in [1.54, 1.807) is 11.3 Å². The number of carbonyl (C=O) groups excluding carboxylic acids is 1.